The van der Waals surface area contributed by atoms with Gasteiger partial charge in [-0.2, -0.15) is 0 Å². The van der Waals surface area contributed by atoms with E-state index >= 15 is 0 Å². The molecule has 0 amide bonds. The van der Waals surface area contributed by atoms with Crippen molar-refractivity contribution in [2.75, 3.05) is 12.8 Å². The molecule has 0 heterocycles. The van der Waals surface area contributed by atoms with E-state index in [9.17, 15) is 8.39 Å². The monoisotopic (exact) mass is 256 g/mol. The second-order valence-electron chi connectivity index (χ2n) is 5.92. The molecule has 0 saturated carbocycles. The van der Waals surface area contributed by atoms with Gasteiger partial charge < -0.3 is 0 Å². The van der Waals surface area contributed by atoms with Gasteiger partial charge in [-0.05, 0) is 0 Å². The average Bonchev–Trinajstić information content (AvgIpc) is 1.99. The summed E-state index contributed by atoms with van der Waals surface area (Å²) in [5.74, 6) is -0.0338. The molecular weight excluding hydrogens is 229 g/mol. The Balaban J connectivity index is 4.87. The molecule has 0 aromatic heterocycles. The molecule has 0 saturated heterocycles. The Kier molecular flexibility index (Phi) is 5.35. The van der Waals surface area contributed by atoms with Gasteiger partial charge in [0.2, 0.25) is 0 Å². The SMILES string of the molecule is CCCCOP(F)(F)(CC(C)C)C(C)(C)C. The molecule has 0 fully saturated rings. The third-order valence-electron chi connectivity index (χ3n) is 2.77. The predicted octanol–water partition coefficient (Wildman–Crippen LogP) is 5.49. The molecule has 0 aliphatic rings. The topological polar surface area (TPSA) is 9.23 Å². The molecule has 0 spiro atoms. The van der Waals surface area contributed by atoms with E-state index in [-0.39, 0.29) is 18.7 Å². The molecule has 0 N–H and O–H groups in total. The number of halogens is 2. The van der Waals surface area contributed by atoms with Gasteiger partial charge in [0.15, 0.2) is 0 Å². The van der Waals surface area contributed by atoms with Crippen LogP contribution < -0.4 is 0 Å². The Hall–Kier alpha value is 0.250. The van der Waals surface area contributed by atoms with Crippen molar-refractivity contribution in [2.45, 2.75) is 59.5 Å². The molecule has 16 heavy (non-hydrogen) atoms. The van der Waals surface area contributed by atoms with Gasteiger partial charge in [-0.3, -0.25) is 0 Å². The van der Waals surface area contributed by atoms with Crippen LogP contribution in [0.1, 0.15) is 54.4 Å². The van der Waals surface area contributed by atoms with Gasteiger partial charge in [-0.15, -0.1) is 0 Å². The van der Waals surface area contributed by atoms with E-state index < -0.39 is 12.6 Å². The minimum absolute atomic E-state index is 0.0338. The predicted molar refractivity (Wildman–Crippen MR) is 69.5 cm³/mol. The Morgan fingerprint density at radius 1 is 1.19 bits per heavy atom. The van der Waals surface area contributed by atoms with E-state index in [1.54, 1.807) is 20.8 Å². The van der Waals surface area contributed by atoms with Crippen LogP contribution in [0, 0.1) is 5.92 Å². The normalized spacial score (nSPS) is 16.2. The second-order valence-corrected chi connectivity index (χ2v) is 9.86. The van der Waals surface area contributed by atoms with Crippen LogP contribution in [-0.4, -0.2) is 17.9 Å². The van der Waals surface area contributed by atoms with Crippen molar-refractivity contribution in [3.63, 3.8) is 0 Å². The summed E-state index contributed by atoms with van der Waals surface area (Å²) in [7, 11) is -5.03. The molecule has 0 atom stereocenters. The molecule has 0 rings (SSSR count). The van der Waals surface area contributed by atoms with Gasteiger partial charge in [0, 0.05) is 0 Å². The van der Waals surface area contributed by atoms with Gasteiger partial charge in [-0.1, -0.05) is 0 Å². The van der Waals surface area contributed by atoms with Crippen LogP contribution in [-0.2, 0) is 4.52 Å². The number of rotatable bonds is 6. The summed E-state index contributed by atoms with van der Waals surface area (Å²) in [4.78, 5) is 0. The number of hydrogen-bond donors (Lipinski definition) is 0. The molecule has 0 unspecified atom stereocenters. The first kappa shape index (κ1) is 16.2. The molecule has 0 aliphatic heterocycles. The van der Waals surface area contributed by atoms with Gasteiger partial charge >= 0.3 is 98.6 Å². The van der Waals surface area contributed by atoms with Crippen LogP contribution in [0.25, 0.3) is 0 Å². The summed E-state index contributed by atoms with van der Waals surface area (Å²) in [6, 6.07) is 0. The first-order chi connectivity index (χ1) is 7.02. The zero-order valence-electron chi connectivity index (χ0n) is 11.5. The summed E-state index contributed by atoms with van der Waals surface area (Å²) >= 11 is 0. The van der Waals surface area contributed by atoms with Gasteiger partial charge in [0.05, 0.1) is 0 Å². The van der Waals surface area contributed by atoms with Crippen LogP contribution in [0.2, 0.25) is 0 Å². The molecule has 0 aromatic rings. The van der Waals surface area contributed by atoms with Crippen molar-refractivity contribution < 1.29 is 12.9 Å². The molecule has 0 radical (unpaired) electrons. The van der Waals surface area contributed by atoms with Crippen molar-refractivity contribution in [1.29, 1.82) is 0 Å². The third kappa shape index (κ3) is 3.92. The zero-order valence-corrected chi connectivity index (χ0v) is 12.4. The first-order valence-corrected chi connectivity index (χ1v) is 8.24. The van der Waals surface area contributed by atoms with Crippen LogP contribution in [0.15, 0.2) is 0 Å². The summed E-state index contributed by atoms with van der Waals surface area (Å²) in [5, 5.41) is -1.05. The fourth-order valence-electron chi connectivity index (χ4n) is 1.52. The van der Waals surface area contributed by atoms with E-state index in [1.165, 1.54) is 0 Å². The molecule has 4 heteroatoms. The van der Waals surface area contributed by atoms with Crippen LogP contribution in [0.4, 0.5) is 8.39 Å². The fraction of sp³-hybridized carbons (Fsp3) is 1.00. The Bertz CT molecular complexity index is 222. The molecule has 0 aromatic carbocycles. The Morgan fingerprint density at radius 3 is 2.00 bits per heavy atom. The summed E-state index contributed by atoms with van der Waals surface area (Å²) in [6.45, 7) is 10.6. The van der Waals surface area contributed by atoms with Crippen molar-refractivity contribution in [1.82, 2.24) is 0 Å². The van der Waals surface area contributed by atoms with Gasteiger partial charge in [0.1, 0.15) is 0 Å². The maximum atomic E-state index is 14.8. The molecule has 0 aliphatic carbocycles. The molecular formula is C12H27F2OP. The standard InChI is InChI=1S/C12H27F2OP/c1-7-8-9-15-16(13,14,10-11(2)3)12(4,5)6/h11H,7-10H2,1-6H3. The van der Waals surface area contributed by atoms with Crippen molar-refractivity contribution in [3.8, 4) is 0 Å². The van der Waals surface area contributed by atoms with Crippen LogP contribution >= 0.6 is 7.45 Å². The van der Waals surface area contributed by atoms with E-state index in [0.717, 1.165) is 6.42 Å². The molecule has 100 valence electrons. The van der Waals surface area contributed by atoms with Crippen LogP contribution in [0.5, 0.6) is 0 Å². The summed E-state index contributed by atoms with van der Waals surface area (Å²) < 4.78 is 34.7. The molecule has 1 nitrogen and oxygen atoms in total. The van der Waals surface area contributed by atoms with E-state index in [4.69, 9.17) is 4.52 Å². The van der Waals surface area contributed by atoms with Gasteiger partial charge in [0.25, 0.3) is 0 Å². The number of unbranched alkanes of at least 4 members (excludes halogenated alkanes) is 1. The zero-order chi connectivity index (χ0) is 13.1. The average molecular weight is 256 g/mol. The maximum absolute atomic E-state index is 14.8. The minimum atomic E-state index is -5.03. The van der Waals surface area contributed by atoms with E-state index in [1.807, 2.05) is 20.8 Å². The first-order valence-electron chi connectivity index (χ1n) is 6.12. The quantitative estimate of drug-likeness (QED) is 0.450. The Labute approximate surface area is 99.2 Å². The van der Waals surface area contributed by atoms with Crippen molar-refractivity contribution >= 4 is 7.45 Å². The van der Waals surface area contributed by atoms with Crippen LogP contribution in [0.3, 0.4) is 0 Å². The summed E-state index contributed by atoms with van der Waals surface area (Å²) in [6.07, 6.45) is 1.50. The van der Waals surface area contributed by atoms with E-state index in [2.05, 4.69) is 0 Å². The Morgan fingerprint density at radius 2 is 1.69 bits per heavy atom. The van der Waals surface area contributed by atoms with Crippen molar-refractivity contribution in [2.24, 2.45) is 5.92 Å². The van der Waals surface area contributed by atoms with Gasteiger partial charge in [-0.25, -0.2) is 0 Å². The third-order valence-corrected chi connectivity index (χ3v) is 7.30. The second kappa shape index (κ2) is 5.27. The fourth-order valence-corrected chi connectivity index (χ4v) is 4.26. The van der Waals surface area contributed by atoms with Crippen molar-refractivity contribution in [3.05, 3.63) is 0 Å². The molecule has 0 bridgehead atoms. The van der Waals surface area contributed by atoms with E-state index in [0.29, 0.717) is 6.42 Å². The number of hydrogen-bond acceptors (Lipinski definition) is 1. The summed E-state index contributed by atoms with van der Waals surface area (Å²) in [5.41, 5.74) is 0.